The summed E-state index contributed by atoms with van der Waals surface area (Å²) in [5.74, 6) is 1.29. The van der Waals surface area contributed by atoms with Crippen LogP contribution in [0.2, 0.25) is 0 Å². The van der Waals surface area contributed by atoms with Gasteiger partial charge in [-0.2, -0.15) is 5.10 Å². The molecule has 0 bridgehead atoms. The van der Waals surface area contributed by atoms with Crippen LogP contribution in [0, 0.1) is 6.92 Å². The Labute approximate surface area is 113 Å². The fraction of sp³-hybridized carbons (Fsp3) is 0.333. The van der Waals surface area contributed by atoms with Crippen molar-refractivity contribution in [2.75, 3.05) is 6.54 Å². The molecule has 1 aromatic heterocycles. The third-order valence-corrected chi connectivity index (χ3v) is 2.67. The minimum atomic E-state index is 0.517. The molecule has 0 radical (unpaired) electrons. The van der Waals surface area contributed by atoms with Crippen molar-refractivity contribution in [3.8, 4) is 11.6 Å². The number of hydrogen-bond acceptors (Lipinski definition) is 4. The van der Waals surface area contributed by atoms with Crippen molar-refractivity contribution in [1.82, 2.24) is 15.5 Å². The van der Waals surface area contributed by atoms with Crippen LogP contribution < -0.4 is 10.1 Å². The smallest absolute Gasteiger partial charge is 0.238 e. The quantitative estimate of drug-likeness (QED) is 0.808. The number of aryl methyl sites for hydroxylation is 1. The maximum Gasteiger partial charge on any atom is 0.238 e. The molecule has 4 heteroatoms. The molecular weight excluding hydrogens is 238 g/mol. The normalized spacial score (nSPS) is 10.4. The topological polar surface area (TPSA) is 47.0 Å². The molecule has 0 fully saturated rings. The molecule has 0 amide bonds. The van der Waals surface area contributed by atoms with Crippen molar-refractivity contribution >= 4 is 0 Å². The predicted octanol–water partition coefficient (Wildman–Crippen LogP) is 3.08. The molecule has 100 valence electrons. The highest BCUT2D eigenvalue weighted by molar-refractivity contribution is 5.29. The second kappa shape index (κ2) is 6.85. The van der Waals surface area contributed by atoms with Gasteiger partial charge in [0, 0.05) is 12.6 Å². The third-order valence-electron chi connectivity index (χ3n) is 2.67. The molecule has 0 saturated heterocycles. The lowest BCUT2D eigenvalue weighted by molar-refractivity contribution is 0.453. The molecule has 0 aliphatic carbocycles. The van der Waals surface area contributed by atoms with Gasteiger partial charge in [-0.05, 0) is 38.1 Å². The van der Waals surface area contributed by atoms with Gasteiger partial charge in [-0.3, -0.25) is 0 Å². The Morgan fingerprint density at radius 3 is 2.47 bits per heavy atom. The van der Waals surface area contributed by atoms with Gasteiger partial charge >= 0.3 is 0 Å². The van der Waals surface area contributed by atoms with Crippen LogP contribution in [0.3, 0.4) is 0 Å². The Bertz CT molecular complexity index is 494. The molecule has 1 N–H and O–H groups in total. The molecular formula is C15H19N3O. The Morgan fingerprint density at radius 1 is 1.05 bits per heavy atom. The Balaban J connectivity index is 1.92. The molecule has 4 nitrogen and oxygen atoms in total. The summed E-state index contributed by atoms with van der Waals surface area (Å²) in [6.45, 7) is 5.91. The van der Waals surface area contributed by atoms with Crippen molar-refractivity contribution < 1.29 is 4.74 Å². The summed E-state index contributed by atoms with van der Waals surface area (Å²) in [4.78, 5) is 0. The predicted molar refractivity (Wildman–Crippen MR) is 75.3 cm³/mol. The number of benzene rings is 1. The van der Waals surface area contributed by atoms with E-state index in [1.54, 1.807) is 0 Å². The van der Waals surface area contributed by atoms with E-state index in [9.17, 15) is 0 Å². The summed E-state index contributed by atoms with van der Waals surface area (Å²) in [6, 6.07) is 11.6. The Morgan fingerprint density at radius 2 is 1.84 bits per heavy atom. The van der Waals surface area contributed by atoms with E-state index in [1.807, 2.05) is 43.3 Å². The van der Waals surface area contributed by atoms with Crippen LogP contribution in [0.15, 0.2) is 36.4 Å². The molecule has 0 aliphatic rings. The minimum Gasteiger partial charge on any atom is -0.438 e. The highest BCUT2D eigenvalue weighted by Crippen LogP contribution is 2.18. The molecule has 1 aromatic carbocycles. The molecule has 2 rings (SSSR count). The van der Waals surface area contributed by atoms with Gasteiger partial charge in [-0.15, -0.1) is 5.10 Å². The van der Waals surface area contributed by atoms with E-state index in [2.05, 4.69) is 22.4 Å². The molecule has 1 heterocycles. The first kappa shape index (κ1) is 13.5. The SMILES string of the molecule is CCCNCc1ccc(Oc2ccc(C)cc2)nn1. The highest BCUT2D eigenvalue weighted by Gasteiger charge is 2.00. The van der Waals surface area contributed by atoms with Gasteiger partial charge in [0.05, 0.1) is 5.69 Å². The van der Waals surface area contributed by atoms with Crippen LogP contribution in [0.1, 0.15) is 24.6 Å². The van der Waals surface area contributed by atoms with Gasteiger partial charge in [0.15, 0.2) is 0 Å². The van der Waals surface area contributed by atoms with Crippen LogP contribution in [-0.4, -0.2) is 16.7 Å². The van der Waals surface area contributed by atoms with Crippen molar-refractivity contribution in [2.24, 2.45) is 0 Å². The lowest BCUT2D eigenvalue weighted by atomic mass is 10.2. The van der Waals surface area contributed by atoms with Crippen molar-refractivity contribution in [3.05, 3.63) is 47.7 Å². The van der Waals surface area contributed by atoms with Gasteiger partial charge in [0.2, 0.25) is 5.88 Å². The highest BCUT2D eigenvalue weighted by atomic mass is 16.5. The molecule has 0 saturated carbocycles. The third kappa shape index (κ3) is 4.34. The van der Waals surface area contributed by atoms with Gasteiger partial charge in [0.1, 0.15) is 5.75 Å². The molecule has 0 atom stereocenters. The van der Waals surface area contributed by atoms with E-state index in [4.69, 9.17) is 4.74 Å². The van der Waals surface area contributed by atoms with E-state index < -0.39 is 0 Å². The van der Waals surface area contributed by atoms with E-state index >= 15 is 0 Å². The molecule has 2 aromatic rings. The number of ether oxygens (including phenoxy) is 1. The van der Waals surface area contributed by atoms with Gasteiger partial charge in [-0.25, -0.2) is 0 Å². The zero-order valence-electron chi connectivity index (χ0n) is 11.4. The van der Waals surface area contributed by atoms with Crippen LogP contribution in [-0.2, 0) is 6.54 Å². The standard InChI is InChI=1S/C15H19N3O/c1-3-10-16-11-13-6-9-15(18-17-13)19-14-7-4-12(2)5-8-14/h4-9,16H,3,10-11H2,1-2H3. The van der Waals surface area contributed by atoms with Gasteiger partial charge in [-0.1, -0.05) is 24.6 Å². The zero-order chi connectivity index (χ0) is 13.5. The Hall–Kier alpha value is -1.94. The number of hydrogen-bond donors (Lipinski definition) is 1. The maximum atomic E-state index is 5.62. The van der Waals surface area contributed by atoms with E-state index in [-0.39, 0.29) is 0 Å². The first-order chi connectivity index (χ1) is 9.28. The summed E-state index contributed by atoms with van der Waals surface area (Å²) in [5.41, 5.74) is 2.13. The zero-order valence-corrected chi connectivity index (χ0v) is 11.4. The molecule has 19 heavy (non-hydrogen) atoms. The van der Waals surface area contributed by atoms with Crippen molar-refractivity contribution in [2.45, 2.75) is 26.8 Å². The second-order valence-corrected chi connectivity index (χ2v) is 4.45. The molecule has 0 spiro atoms. The monoisotopic (exact) mass is 257 g/mol. The van der Waals surface area contributed by atoms with Crippen molar-refractivity contribution in [1.29, 1.82) is 0 Å². The van der Waals surface area contributed by atoms with Gasteiger partial charge in [0.25, 0.3) is 0 Å². The molecule has 0 unspecified atom stereocenters. The summed E-state index contributed by atoms with van der Waals surface area (Å²) in [7, 11) is 0. The fourth-order valence-corrected chi connectivity index (χ4v) is 1.62. The molecule has 0 aliphatic heterocycles. The first-order valence-electron chi connectivity index (χ1n) is 6.56. The van der Waals surface area contributed by atoms with E-state index in [0.29, 0.717) is 5.88 Å². The van der Waals surface area contributed by atoms with Crippen LogP contribution in [0.5, 0.6) is 11.6 Å². The van der Waals surface area contributed by atoms with Crippen molar-refractivity contribution in [3.63, 3.8) is 0 Å². The first-order valence-corrected chi connectivity index (χ1v) is 6.56. The maximum absolute atomic E-state index is 5.62. The second-order valence-electron chi connectivity index (χ2n) is 4.45. The van der Waals surface area contributed by atoms with Crippen LogP contribution >= 0.6 is 0 Å². The lowest BCUT2D eigenvalue weighted by Crippen LogP contribution is -2.15. The summed E-state index contributed by atoms with van der Waals surface area (Å²) >= 11 is 0. The lowest BCUT2D eigenvalue weighted by Gasteiger charge is -2.05. The summed E-state index contributed by atoms with van der Waals surface area (Å²) < 4.78 is 5.62. The summed E-state index contributed by atoms with van der Waals surface area (Å²) in [6.07, 6.45) is 1.11. The summed E-state index contributed by atoms with van der Waals surface area (Å²) in [5, 5.41) is 11.5. The average molecular weight is 257 g/mol. The number of rotatable bonds is 6. The fourth-order valence-electron chi connectivity index (χ4n) is 1.62. The average Bonchev–Trinajstić information content (AvgIpc) is 2.44. The number of nitrogens with zero attached hydrogens (tertiary/aromatic N) is 2. The minimum absolute atomic E-state index is 0.517. The largest absolute Gasteiger partial charge is 0.438 e. The Kier molecular flexibility index (Phi) is 4.86. The van der Waals surface area contributed by atoms with E-state index in [1.165, 1.54) is 5.56 Å². The number of aromatic nitrogens is 2. The van der Waals surface area contributed by atoms with Crippen LogP contribution in [0.25, 0.3) is 0 Å². The van der Waals surface area contributed by atoms with Gasteiger partial charge < -0.3 is 10.1 Å². The number of nitrogens with one attached hydrogen (secondary N) is 1. The van der Waals surface area contributed by atoms with Crippen LogP contribution in [0.4, 0.5) is 0 Å². The van der Waals surface area contributed by atoms with E-state index in [0.717, 1.165) is 31.0 Å².